The summed E-state index contributed by atoms with van der Waals surface area (Å²) < 4.78 is 20.6. The van der Waals surface area contributed by atoms with Crippen LogP contribution in [-0.4, -0.2) is 32.4 Å². The second-order valence-electron chi connectivity index (χ2n) is 1.55. The molecule has 0 aromatic heterocycles. The van der Waals surface area contributed by atoms with Crippen molar-refractivity contribution in [2.45, 2.75) is 0 Å². The molecule has 0 saturated heterocycles. The van der Waals surface area contributed by atoms with Crippen LogP contribution in [0.4, 0.5) is 0 Å². The Kier molecular flexibility index (Phi) is 4.36. The van der Waals surface area contributed by atoms with E-state index in [1.54, 1.807) is 12.5 Å². The minimum atomic E-state index is -0.779. The van der Waals surface area contributed by atoms with Crippen molar-refractivity contribution in [3.63, 3.8) is 0 Å². The monoisotopic (exact) mass is 154 g/mol. The zero-order valence-corrected chi connectivity index (χ0v) is 6.68. The first-order chi connectivity index (χ1) is 3.63. The lowest BCUT2D eigenvalue weighted by Gasteiger charge is -1.89. The van der Waals surface area contributed by atoms with Crippen LogP contribution in [0.1, 0.15) is 0 Å². The molecule has 0 rings (SSSR count). The van der Waals surface area contributed by atoms with E-state index < -0.39 is 21.6 Å². The Labute approximate surface area is 54.6 Å². The van der Waals surface area contributed by atoms with E-state index in [2.05, 4.69) is 0 Å². The van der Waals surface area contributed by atoms with Crippen molar-refractivity contribution in [2.75, 3.05) is 24.0 Å². The van der Waals surface area contributed by atoms with Gasteiger partial charge < -0.3 is 0 Å². The Bertz CT molecular complexity index is 96.6. The van der Waals surface area contributed by atoms with E-state index in [4.69, 9.17) is 0 Å². The van der Waals surface area contributed by atoms with Crippen molar-refractivity contribution in [3.8, 4) is 0 Å². The maximum absolute atomic E-state index is 10.3. The second-order valence-corrected chi connectivity index (χ2v) is 4.66. The smallest absolute Gasteiger partial charge is 0.0347 e. The van der Waals surface area contributed by atoms with Gasteiger partial charge in [0.2, 0.25) is 0 Å². The molecule has 0 aliphatic carbocycles. The first-order valence-corrected chi connectivity index (χ1v) is 5.68. The summed E-state index contributed by atoms with van der Waals surface area (Å²) in [6.45, 7) is 0. The van der Waals surface area contributed by atoms with E-state index >= 15 is 0 Å². The van der Waals surface area contributed by atoms with Gasteiger partial charge in [-0.05, 0) is 0 Å². The summed E-state index contributed by atoms with van der Waals surface area (Å²) in [6, 6.07) is 0. The first-order valence-electron chi connectivity index (χ1n) is 2.23. The summed E-state index contributed by atoms with van der Waals surface area (Å²) in [4.78, 5) is 0. The van der Waals surface area contributed by atoms with Crippen LogP contribution in [0.15, 0.2) is 0 Å². The van der Waals surface area contributed by atoms with Gasteiger partial charge in [0.1, 0.15) is 0 Å². The molecule has 0 aromatic rings. The van der Waals surface area contributed by atoms with Crippen LogP contribution in [0, 0.1) is 0 Å². The van der Waals surface area contributed by atoms with Crippen molar-refractivity contribution in [1.29, 1.82) is 0 Å². The molecule has 8 heavy (non-hydrogen) atoms. The third-order valence-electron chi connectivity index (χ3n) is 0.658. The number of rotatable bonds is 3. The zero-order chi connectivity index (χ0) is 6.57. The van der Waals surface area contributed by atoms with E-state index in [-0.39, 0.29) is 0 Å². The van der Waals surface area contributed by atoms with Gasteiger partial charge in [0, 0.05) is 45.6 Å². The van der Waals surface area contributed by atoms with E-state index in [1.807, 2.05) is 0 Å². The molecule has 2 atom stereocenters. The highest BCUT2D eigenvalue weighted by atomic mass is 32.2. The van der Waals surface area contributed by atoms with Gasteiger partial charge in [-0.25, -0.2) is 0 Å². The minimum absolute atomic E-state index is 0.559. The van der Waals surface area contributed by atoms with Crippen LogP contribution in [0.3, 0.4) is 0 Å². The molecular weight excluding hydrogens is 144 g/mol. The summed E-state index contributed by atoms with van der Waals surface area (Å²) in [7, 11) is -1.56. The molecule has 0 amide bonds. The van der Waals surface area contributed by atoms with E-state index in [0.717, 1.165) is 0 Å². The fourth-order valence-corrected chi connectivity index (χ4v) is 2.11. The van der Waals surface area contributed by atoms with Crippen LogP contribution >= 0.6 is 0 Å². The van der Waals surface area contributed by atoms with E-state index in [1.165, 1.54) is 0 Å². The van der Waals surface area contributed by atoms with Crippen molar-refractivity contribution in [2.24, 2.45) is 0 Å². The maximum atomic E-state index is 10.3. The van der Waals surface area contributed by atoms with Gasteiger partial charge in [0.15, 0.2) is 0 Å². The molecule has 0 aromatic carbocycles. The highest BCUT2D eigenvalue weighted by Gasteiger charge is 1.92. The fourth-order valence-electron chi connectivity index (χ4n) is 0.235. The number of hydrogen-bond donors (Lipinski definition) is 0. The number of hydrogen-bond acceptors (Lipinski definition) is 2. The Hall–Kier alpha value is 0.300. The van der Waals surface area contributed by atoms with Crippen LogP contribution in [-0.2, 0) is 21.6 Å². The van der Waals surface area contributed by atoms with Crippen LogP contribution in [0.5, 0.6) is 0 Å². The maximum Gasteiger partial charge on any atom is 0.0347 e. The quantitative estimate of drug-likeness (QED) is 0.561. The van der Waals surface area contributed by atoms with Crippen LogP contribution < -0.4 is 0 Å². The van der Waals surface area contributed by atoms with Gasteiger partial charge in [-0.1, -0.05) is 0 Å². The normalized spacial score (nSPS) is 17.8. The van der Waals surface area contributed by atoms with Crippen molar-refractivity contribution in [1.82, 2.24) is 0 Å². The predicted molar refractivity (Wildman–Crippen MR) is 37.9 cm³/mol. The first kappa shape index (κ1) is 8.30. The molecule has 0 heterocycles. The second kappa shape index (κ2) is 4.21. The topological polar surface area (TPSA) is 34.1 Å². The molecule has 0 fully saturated rings. The molecule has 0 bridgehead atoms. The van der Waals surface area contributed by atoms with Gasteiger partial charge in [0.05, 0.1) is 0 Å². The van der Waals surface area contributed by atoms with Crippen molar-refractivity contribution < 1.29 is 8.42 Å². The third kappa shape index (κ3) is 6.30. The summed E-state index contributed by atoms with van der Waals surface area (Å²) in [6.07, 6.45) is 3.24. The fraction of sp³-hybridized carbons (Fsp3) is 1.00. The molecule has 0 N–H and O–H groups in total. The molecular formula is C4H10O2S2. The molecule has 2 unspecified atom stereocenters. The molecule has 50 valence electrons. The minimum Gasteiger partial charge on any atom is -0.260 e. The van der Waals surface area contributed by atoms with Crippen LogP contribution in [0.25, 0.3) is 0 Å². The average Bonchev–Trinajstić information content (AvgIpc) is 1.61. The molecule has 0 aliphatic heterocycles. The van der Waals surface area contributed by atoms with Gasteiger partial charge in [-0.2, -0.15) is 0 Å². The Morgan fingerprint density at radius 3 is 1.38 bits per heavy atom. The van der Waals surface area contributed by atoms with Gasteiger partial charge in [-0.15, -0.1) is 0 Å². The molecule has 0 saturated carbocycles. The predicted octanol–water partition coefficient (Wildman–Crippen LogP) is -0.257. The summed E-state index contributed by atoms with van der Waals surface area (Å²) >= 11 is 0. The van der Waals surface area contributed by atoms with Gasteiger partial charge in [-0.3, -0.25) is 8.42 Å². The van der Waals surface area contributed by atoms with Crippen LogP contribution in [0.2, 0.25) is 0 Å². The highest BCUT2D eigenvalue weighted by Crippen LogP contribution is 1.77. The van der Waals surface area contributed by atoms with Gasteiger partial charge >= 0.3 is 0 Å². The largest absolute Gasteiger partial charge is 0.260 e. The molecule has 0 radical (unpaired) electrons. The lowest BCUT2D eigenvalue weighted by molar-refractivity contribution is 0.682. The molecule has 2 nitrogen and oxygen atoms in total. The Balaban J connectivity index is 3.18. The van der Waals surface area contributed by atoms with Gasteiger partial charge in [0.25, 0.3) is 0 Å². The highest BCUT2D eigenvalue weighted by molar-refractivity contribution is 7.88. The standard InChI is InChI=1S/C4H10O2S2/c1-7(5)3-4-8(2)6/h3-4H2,1-2H3. The zero-order valence-electron chi connectivity index (χ0n) is 5.05. The lowest BCUT2D eigenvalue weighted by Crippen LogP contribution is -2.04. The molecule has 0 aliphatic rings. The summed E-state index contributed by atoms with van der Waals surface area (Å²) in [5, 5.41) is 0. The van der Waals surface area contributed by atoms with E-state index in [0.29, 0.717) is 11.5 Å². The van der Waals surface area contributed by atoms with Crippen molar-refractivity contribution >= 4 is 21.6 Å². The Morgan fingerprint density at radius 2 is 1.25 bits per heavy atom. The summed E-state index contributed by atoms with van der Waals surface area (Å²) in [5.41, 5.74) is 0. The Morgan fingerprint density at radius 1 is 1.00 bits per heavy atom. The molecule has 0 spiro atoms. The SMILES string of the molecule is CS(=O)CCS(C)=O. The van der Waals surface area contributed by atoms with E-state index in [9.17, 15) is 8.42 Å². The lowest BCUT2D eigenvalue weighted by atomic mass is 11.0. The van der Waals surface area contributed by atoms with Crippen molar-refractivity contribution in [3.05, 3.63) is 0 Å². The summed E-state index contributed by atoms with van der Waals surface area (Å²) in [5.74, 6) is 1.12. The third-order valence-corrected chi connectivity index (χ3v) is 2.47. The average molecular weight is 154 g/mol. The molecule has 4 heteroatoms.